The van der Waals surface area contributed by atoms with E-state index in [4.69, 9.17) is 9.40 Å². The Bertz CT molecular complexity index is 1500. The van der Waals surface area contributed by atoms with Crippen LogP contribution >= 0.6 is 0 Å². The molecule has 0 bridgehead atoms. The van der Waals surface area contributed by atoms with Gasteiger partial charge in [-0.05, 0) is 12.1 Å². The molecule has 0 N–H and O–H groups in total. The zero-order valence-electron chi connectivity index (χ0n) is 17.3. The fourth-order valence-electron chi connectivity index (χ4n) is 4.24. The van der Waals surface area contributed by atoms with E-state index in [0.717, 1.165) is 50.5 Å². The molecule has 0 atom stereocenters. The topological polar surface area (TPSA) is 31.0 Å². The van der Waals surface area contributed by atoms with Gasteiger partial charge in [-0.1, -0.05) is 103 Å². The third kappa shape index (κ3) is 3.03. The molecule has 0 amide bonds. The second-order valence-corrected chi connectivity index (χ2v) is 7.69. The van der Waals surface area contributed by atoms with Gasteiger partial charge >= 0.3 is 0 Å². The Morgan fingerprint density at radius 3 is 1.72 bits per heavy atom. The van der Waals surface area contributed by atoms with E-state index in [1.54, 1.807) is 0 Å². The number of imidazole rings is 1. The largest absolute Gasteiger partial charge is 0.453 e. The van der Waals surface area contributed by atoms with Gasteiger partial charge in [0.15, 0.2) is 5.76 Å². The van der Waals surface area contributed by atoms with Crippen LogP contribution in [0.2, 0.25) is 0 Å². The highest BCUT2D eigenvalue weighted by molar-refractivity contribution is 6.03. The quantitative estimate of drug-likeness (QED) is 0.298. The number of aromatic nitrogens is 2. The van der Waals surface area contributed by atoms with Crippen molar-refractivity contribution in [2.75, 3.05) is 0 Å². The molecule has 2 heterocycles. The van der Waals surface area contributed by atoms with Gasteiger partial charge in [0.05, 0.1) is 5.69 Å². The zero-order chi connectivity index (χ0) is 21.3. The normalized spacial score (nSPS) is 11.1. The van der Waals surface area contributed by atoms with Crippen molar-refractivity contribution in [2.45, 2.75) is 0 Å². The predicted molar refractivity (Wildman–Crippen MR) is 130 cm³/mol. The summed E-state index contributed by atoms with van der Waals surface area (Å²) < 4.78 is 8.70. The number of para-hydroxylation sites is 1. The molecular formula is C29H20N2O. The number of nitrogens with zero attached hydrogens (tertiary/aromatic N) is 2. The summed E-state index contributed by atoms with van der Waals surface area (Å²) in [6.45, 7) is 0. The Balaban J connectivity index is 1.65. The van der Waals surface area contributed by atoms with E-state index >= 15 is 0 Å². The standard InChI is InChI=1S/C29H20N2O/c1-4-12-21(13-5-1)27-26(30-20-31(27)23-16-8-3-9-17-23)29-25-19-11-10-18-24(25)28(32-29)22-14-6-2-7-15-22/h1-20H. The number of rotatable bonds is 4. The molecule has 0 unspecified atom stereocenters. The second kappa shape index (κ2) is 7.71. The molecule has 32 heavy (non-hydrogen) atoms. The lowest BCUT2D eigenvalue weighted by atomic mass is 10.0. The van der Waals surface area contributed by atoms with Gasteiger partial charge in [-0.25, -0.2) is 4.98 Å². The summed E-state index contributed by atoms with van der Waals surface area (Å²) in [5.74, 6) is 1.65. The lowest BCUT2D eigenvalue weighted by Gasteiger charge is -2.10. The third-order valence-corrected chi connectivity index (χ3v) is 5.72. The summed E-state index contributed by atoms with van der Waals surface area (Å²) >= 11 is 0. The van der Waals surface area contributed by atoms with Gasteiger partial charge in [-0.2, -0.15) is 0 Å². The average molecular weight is 412 g/mol. The lowest BCUT2D eigenvalue weighted by molar-refractivity contribution is 0.600. The van der Waals surface area contributed by atoms with Crippen LogP contribution < -0.4 is 0 Å². The van der Waals surface area contributed by atoms with Gasteiger partial charge in [0.2, 0.25) is 0 Å². The van der Waals surface area contributed by atoms with Crippen molar-refractivity contribution in [3.8, 4) is 39.7 Å². The molecule has 0 aliphatic rings. The maximum Gasteiger partial charge on any atom is 0.163 e. The monoisotopic (exact) mass is 412 g/mol. The van der Waals surface area contributed by atoms with Gasteiger partial charge < -0.3 is 4.42 Å². The molecule has 0 aliphatic heterocycles. The van der Waals surface area contributed by atoms with Crippen LogP contribution in [-0.2, 0) is 0 Å². The third-order valence-electron chi connectivity index (χ3n) is 5.72. The molecular weight excluding hydrogens is 392 g/mol. The summed E-state index contributed by atoms with van der Waals surface area (Å²) in [4.78, 5) is 4.87. The van der Waals surface area contributed by atoms with Gasteiger partial charge in [0.25, 0.3) is 0 Å². The Hall–Kier alpha value is -4.37. The second-order valence-electron chi connectivity index (χ2n) is 7.69. The van der Waals surface area contributed by atoms with E-state index in [1.807, 2.05) is 54.9 Å². The lowest BCUT2D eigenvalue weighted by Crippen LogP contribution is -1.95. The van der Waals surface area contributed by atoms with Crippen LogP contribution in [0.15, 0.2) is 126 Å². The van der Waals surface area contributed by atoms with Crippen molar-refractivity contribution in [2.24, 2.45) is 0 Å². The van der Waals surface area contributed by atoms with Crippen LogP contribution in [0.5, 0.6) is 0 Å². The van der Waals surface area contributed by atoms with E-state index in [0.29, 0.717) is 0 Å². The molecule has 6 aromatic rings. The van der Waals surface area contributed by atoms with Crippen molar-refractivity contribution >= 4 is 10.8 Å². The highest BCUT2D eigenvalue weighted by Gasteiger charge is 2.23. The molecule has 0 saturated heterocycles. The highest BCUT2D eigenvalue weighted by atomic mass is 16.3. The van der Waals surface area contributed by atoms with E-state index in [2.05, 4.69) is 71.3 Å². The summed E-state index contributed by atoms with van der Waals surface area (Å²) in [7, 11) is 0. The molecule has 0 spiro atoms. The minimum atomic E-state index is 0.785. The first-order valence-electron chi connectivity index (χ1n) is 10.7. The molecule has 152 valence electrons. The smallest absolute Gasteiger partial charge is 0.163 e. The van der Waals surface area contributed by atoms with Crippen LogP contribution in [0.3, 0.4) is 0 Å². The molecule has 3 heteroatoms. The van der Waals surface area contributed by atoms with Gasteiger partial charge in [0, 0.05) is 27.6 Å². The first-order valence-corrected chi connectivity index (χ1v) is 10.7. The Morgan fingerprint density at radius 1 is 0.531 bits per heavy atom. The molecule has 0 saturated carbocycles. The maximum atomic E-state index is 6.57. The maximum absolute atomic E-state index is 6.57. The number of benzene rings is 4. The van der Waals surface area contributed by atoms with E-state index < -0.39 is 0 Å². The Kier molecular flexibility index (Phi) is 4.43. The molecule has 6 rings (SSSR count). The SMILES string of the molecule is c1ccc(-c2oc(-c3ncn(-c4ccccc4)c3-c3ccccc3)c3ccccc23)cc1. The summed E-state index contributed by atoms with van der Waals surface area (Å²) in [5, 5.41) is 2.14. The number of hydrogen-bond donors (Lipinski definition) is 0. The van der Waals surface area contributed by atoms with Gasteiger partial charge in [-0.15, -0.1) is 0 Å². The Morgan fingerprint density at radius 2 is 1.06 bits per heavy atom. The fourth-order valence-corrected chi connectivity index (χ4v) is 4.24. The minimum Gasteiger partial charge on any atom is -0.453 e. The van der Waals surface area contributed by atoms with Crippen molar-refractivity contribution in [1.82, 2.24) is 9.55 Å². The molecule has 0 radical (unpaired) electrons. The zero-order valence-corrected chi connectivity index (χ0v) is 17.3. The summed E-state index contributed by atoms with van der Waals surface area (Å²) in [6, 6.07) is 39.2. The van der Waals surface area contributed by atoms with Crippen LogP contribution in [0, 0.1) is 0 Å². The predicted octanol–water partition coefficient (Wildman–Crippen LogP) is 7.62. The van der Waals surface area contributed by atoms with E-state index in [1.165, 1.54) is 0 Å². The van der Waals surface area contributed by atoms with Crippen LogP contribution in [0.25, 0.3) is 50.5 Å². The Labute approximate surface area is 186 Å². The number of fused-ring (bicyclic) bond motifs is 1. The van der Waals surface area contributed by atoms with Crippen molar-refractivity contribution < 1.29 is 4.42 Å². The van der Waals surface area contributed by atoms with E-state index in [9.17, 15) is 0 Å². The van der Waals surface area contributed by atoms with Crippen molar-refractivity contribution in [3.05, 3.63) is 122 Å². The first kappa shape index (κ1) is 18.4. The van der Waals surface area contributed by atoms with Crippen LogP contribution in [0.1, 0.15) is 0 Å². The molecule has 3 nitrogen and oxygen atoms in total. The number of hydrogen-bond acceptors (Lipinski definition) is 2. The molecule has 4 aromatic carbocycles. The first-order chi connectivity index (χ1) is 15.9. The van der Waals surface area contributed by atoms with Crippen LogP contribution in [-0.4, -0.2) is 9.55 Å². The van der Waals surface area contributed by atoms with Gasteiger partial charge in [-0.3, -0.25) is 4.57 Å². The average Bonchev–Trinajstić information content (AvgIpc) is 3.48. The van der Waals surface area contributed by atoms with E-state index in [-0.39, 0.29) is 0 Å². The van der Waals surface area contributed by atoms with Crippen molar-refractivity contribution in [1.29, 1.82) is 0 Å². The van der Waals surface area contributed by atoms with Crippen molar-refractivity contribution in [3.63, 3.8) is 0 Å². The summed E-state index contributed by atoms with van der Waals surface area (Å²) in [5.41, 5.74) is 5.04. The fraction of sp³-hybridized carbons (Fsp3) is 0. The highest BCUT2D eigenvalue weighted by Crippen LogP contribution is 2.42. The molecule has 0 fully saturated rings. The molecule has 2 aromatic heterocycles. The van der Waals surface area contributed by atoms with Gasteiger partial charge in [0.1, 0.15) is 17.8 Å². The number of furan rings is 1. The summed E-state index contributed by atoms with van der Waals surface area (Å²) in [6.07, 6.45) is 1.88. The minimum absolute atomic E-state index is 0.785. The molecule has 0 aliphatic carbocycles. The van der Waals surface area contributed by atoms with Crippen LogP contribution in [0.4, 0.5) is 0 Å².